The molecule has 2 N–H and O–H groups in total. The molecular formula is C14H18N4O. The van der Waals surface area contributed by atoms with Crippen LogP contribution in [0.5, 0.6) is 0 Å². The zero-order valence-electron chi connectivity index (χ0n) is 11.3. The minimum Gasteiger partial charge on any atom is -0.398 e. The summed E-state index contributed by atoms with van der Waals surface area (Å²) in [6, 6.07) is 5.48. The number of aryl methyl sites for hydroxylation is 2. The standard InChI is InChI=1S/C14H18N4O/c1-3-6-18-14(16-9-17-18)8-13(19)11-7-10(2)4-5-12(11)15/h4-5,7,9H,3,6,8,15H2,1-2H3. The Labute approximate surface area is 112 Å². The third-order valence-corrected chi connectivity index (χ3v) is 2.96. The number of nitrogens with two attached hydrogens (primary N) is 1. The fourth-order valence-electron chi connectivity index (χ4n) is 1.97. The lowest BCUT2D eigenvalue weighted by molar-refractivity contribution is 0.0990. The summed E-state index contributed by atoms with van der Waals surface area (Å²) < 4.78 is 1.77. The van der Waals surface area contributed by atoms with Gasteiger partial charge in [0.25, 0.3) is 0 Å². The SMILES string of the molecule is CCCn1ncnc1CC(=O)c1cc(C)ccc1N. The van der Waals surface area contributed by atoms with Crippen LogP contribution in [0.1, 0.15) is 35.1 Å². The lowest BCUT2D eigenvalue weighted by Gasteiger charge is -2.07. The molecule has 2 rings (SSSR count). The van der Waals surface area contributed by atoms with Crippen molar-refractivity contribution in [2.45, 2.75) is 33.2 Å². The number of rotatable bonds is 5. The molecule has 0 aliphatic rings. The van der Waals surface area contributed by atoms with Gasteiger partial charge in [-0.15, -0.1) is 0 Å². The second kappa shape index (κ2) is 5.65. The van der Waals surface area contributed by atoms with Crippen LogP contribution in [0.15, 0.2) is 24.5 Å². The van der Waals surface area contributed by atoms with Crippen molar-refractivity contribution in [2.75, 3.05) is 5.73 Å². The van der Waals surface area contributed by atoms with Gasteiger partial charge in [-0.25, -0.2) is 9.67 Å². The second-order valence-corrected chi connectivity index (χ2v) is 4.59. The first-order valence-corrected chi connectivity index (χ1v) is 6.37. The van der Waals surface area contributed by atoms with E-state index in [9.17, 15) is 4.79 Å². The predicted octanol–water partition coefficient (Wildman–Crippen LogP) is 2.00. The highest BCUT2D eigenvalue weighted by Gasteiger charge is 2.14. The molecule has 1 heterocycles. The Bertz CT molecular complexity index is 589. The van der Waals surface area contributed by atoms with Crippen molar-refractivity contribution in [1.82, 2.24) is 14.8 Å². The largest absolute Gasteiger partial charge is 0.398 e. The molecule has 19 heavy (non-hydrogen) atoms. The fourth-order valence-corrected chi connectivity index (χ4v) is 1.97. The summed E-state index contributed by atoms with van der Waals surface area (Å²) in [5.41, 5.74) is 7.95. The number of Topliss-reactive ketones (excluding diaryl/α,β-unsaturated/α-hetero) is 1. The molecule has 0 saturated carbocycles. The average Bonchev–Trinajstić information content (AvgIpc) is 2.80. The van der Waals surface area contributed by atoms with Gasteiger partial charge in [0, 0.05) is 17.8 Å². The van der Waals surface area contributed by atoms with Crippen LogP contribution >= 0.6 is 0 Å². The van der Waals surface area contributed by atoms with E-state index in [1.54, 1.807) is 10.7 Å². The van der Waals surface area contributed by atoms with Gasteiger partial charge in [-0.1, -0.05) is 18.6 Å². The van der Waals surface area contributed by atoms with Gasteiger partial charge in [-0.2, -0.15) is 5.10 Å². The summed E-state index contributed by atoms with van der Waals surface area (Å²) in [6.45, 7) is 4.77. The minimum absolute atomic E-state index is 0.0217. The number of anilines is 1. The van der Waals surface area contributed by atoms with Gasteiger partial charge in [-0.3, -0.25) is 4.79 Å². The number of carbonyl (C=O) groups is 1. The molecule has 0 radical (unpaired) electrons. The second-order valence-electron chi connectivity index (χ2n) is 4.59. The van der Waals surface area contributed by atoms with Crippen LogP contribution in [0.25, 0.3) is 0 Å². The van der Waals surface area contributed by atoms with Crippen molar-refractivity contribution in [1.29, 1.82) is 0 Å². The Hall–Kier alpha value is -2.17. The summed E-state index contributed by atoms with van der Waals surface area (Å²) in [6.07, 6.45) is 2.67. The molecular weight excluding hydrogens is 240 g/mol. The molecule has 2 aromatic rings. The van der Waals surface area contributed by atoms with E-state index in [0.717, 1.165) is 18.5 Å². The van der Waals surface area contributed by atoms with E-state index in [1.807, 2.05) is 19.1 Å². The molecule has 5 heteroatoms. The molecule has 0 saturated heterocycles. The Morgan fingerprint density at radius 1 is 1.42 bits per heavy atom. The summed E-state index contributed by atoms with van der Waals surface area (Å²) in [5, 5.41) is 4.11. The molecule has 1 aromatic heterocycles. The van der Waals surface area contributed by atoms with Crippen LogP contribution in [-0.4, -0.2) is 20.5 Å². The molecule has 0 aliphatic heterocycles. The number of nitrogen functional groups attached to an aromatic ring is 1. The molecule has 0 fully saturated rings. The first-order valence-electron chi connectivity index (χ1n) is 6.37. The first-order chi connectivity index (χ1) is 9.11. The summed E-state index contributed by atoms with van der Waals surface area (Å²) in [4.78, 5) is 16.4. The van der Waals surface area contributed by atoms with E-state index in [0.29, 0.717) is 17.1 Å². The van der Waals surface area contributed by atoms with E-state index in [-0.39, 0.29) is 12.2 Å². The molecule has 5 nitrogen and oxygen atoms in total. The van der Waals surface area contributed by atoms with Gasteiger partial charge in [0.1, 0.15) is 12.2 Å². The molecule has 0 aliphatic carbocycles. The average molecular weight is 258 g/mol. The van der Waals surface area contributed by atoms with Gasteiger partial charge in [-0.05, 0) is 25.5 Å². The lowest BCUT2D eigenvalue weighted by Crippen LogP contribution is -2.13. The van der Waals surface area contributed by atoms with Crippen LogP contribution in [0.3, 0.4) is 0 Å². The normalized spacial score (nSPS) is 10.6. The fraction of sp³-hybridized carbons (Fsp3) is 0.357. The summed E-state index contributed by atoms with van der Waals surface area (Å²) in [5.74, 6) is 0.666. The van der Waals surface area contributed by atoms with E-state index < -0.39 is 0 Å². The maximum Gasteiger partial charge on any atom is 0.172 e. The molecule has 0 spiro atoms. The molecule has 0 bridgehead atoms. The zero-order chi connectivity index (χ0) is 13.8. The predicted molar refractivity (Wildman–Crippen MR) is 73.9 cm³/mol. The highest BCUT2D eigenvalue weighted by molar-refractivity contribution is 6.01. The molecule has 1 aromatic carbocycles. The van der Waals surface area contributed by atoms with Crippen LogP contribution in [0.4, 0.5) is 5.69 Å². The number of hydrogen-bond donors (Lipinski definition) is 1. The van der Waals surface area contributed by atoms with E-state index in [1.165, 1.54) is 6.33 Å². The Kier molecular flexibility index (Phi) is 3.94. The molecule has 100 valence electrons. The van der Waals surface area contributed by atoms with Gasteiger partial charge in [0.05, 0.1) is 6.42 Å². The van der Waals surface area contributed by atoms with Gasteiger partial charge in [0.15, 0.2) is 5.78 Å². The number of hydrogen-bond acceptors (Lipinski definition) is 4. The van der Waals surface area contributed by atoms with Crippen molar-refractivity contribution < 1.29 is 4.79 Å². The molecule has 0 atom stereocenters. The summed E-state index contributed by atoms with van der Waals surface area (Å²) in [7, 11) is 0. The number of nitrogens with zero attached hydrogens (tertiary/aromatic N) is 3. The van der Waals surface area contributed by atoms with Crippen LogP contribution in [-0.2, 0) is 13.0 Å². The molecule has 0 unspecified atom stereocenters. The Balaban J connectivity index is 2.21. The Morgan fingerprint density at radius 2 is 2.21 bits per heavy atom. The van der Waals surface area contributed by atoms with Crippen LogP contribution in [0, 0.1) is 6.92 Å². The minimum atomic E-state index is -0.0217. The van der Waals surface area contributed by atoms with Crippen LogP contribution in [0.2, 0.25) is 0 Å². The van der Waals surface area contributed by atoms with E-state index in [2.05, 4.69) is 17.0 Å². The third-order valence-electron chi connectivity index (χ3n) is 2.96. The van der Waals surface area contributed by atoms with Crippen molar-refractivity contribution >= 4 is 11.5 Å². The van der Waals surface area contributed by atoms with Crippen molar-refractivity contribution in [3.63, 3.8) is 0 Å². The maximum absolute atomic E-state index is 12.3. The van der Waals surface area contributed by atoms with Gasteiger partial charge < -0.3 is 5.73 Å². The highest BCUT2D eigenvalue weighted by atomic mass is 16.1. The van der Waals surface area contributed by atoms with Crippen molar-refractivity contribution in [2.24, 2.45) is 0 Å². The monoisotopic (exact) mass is 258 g/mol. The van der Waals surface area contributed by atoms with Gasteiger partial charge in [0.2, 0.25) is 0 Å². The molecule has 0 amide bonds. The Morgan fingerprint density at radius 3 is 2.95 bits per heavy atom. The third kappa shape index (κ3) is 2.99. The number of carbonyl (C=O) groups excluding carboxylic acids is 1. The highest BCUT2D eigenvalue weighted by Crippen LogP contribution is 2.16. The van der Waals surface area contributed by atoms with Crippen molar-refractivity contribution in [3.05, 3.63) is 41.5 Å². The number of benzene rings is 1. The van der Waals surface area contributed by atoms with Crippen LogP contribution < -0.4 is 5.73 Å². The van der Waals surface area contributed by atoms with Gasteiger partial charge >= 0.3 is 0 Å². The topological polar surface area (TPSA) is 73.8 Å². The number of aromatic nitrogens is 3. The van der Waals surface area contributed by atoms with E-state index in [4.69, 9.17) is 5.73 Å². The van der Waals surface area contributed by atoms with E-state index >= 15 is 0 Å². The smallest absolute Gasteiger partial charge is 0.172 e. The zero-order valence-corrected chi connectivity index (χ0v) is 11.3. The van der Waals surface area contributed by atoms with Crippen molar-refractivity contribution in [3.8, 4) is 0 Å². The number of ketones is 1. The maximum atomic E-state index is 12.3. The lowest BCUT2D eigenvalue weighted by atomic mass is 10.0. The first kappa shape index (κ1) is 13.3. The summed E-state index contributed by atoms with van der Waals surface area (Å²) >= 11 is 0. The quantitative estimate of drug-likeness (QED) is 0.657.